The molecule has 108 valence electrons. The van der Waals surface area contributed by atoms with Crippen molar-refractivity contribution < 1.29 is 14.1 Å². The highest BCUT2D eigenvalue weighted by Crippen LogP contribution is 2.26. The molecule has 0 aliphatic rings. The second kappa shape index (κ2) is 6.01. The average molecular weight is 353 g/mol. The van der Waals surface area contributed by atoms with Crippen LogP contribution in [0, 0.1) is 22.9 Å². The number of nitro benzene ring substituents is 1. The lowest BCUT2D eigenvalue weighted by molar-refractivity contribution is -0.384. The van der Waals surface area contributed by atoms with Crippen molar-refractivity contribution in [1.29, 1.82) is 0 Å². The maximum atomic E-state index is 13.2. The highest BCUT2D eigenvalue weighted by molar-refractivity contribution is 9.10. The molecule has 0 bridgehead atoms. The topological polar surface area (TPSA) is 72.2 Å². The lowest BCUT2D eigenvalue weighted by atomic mass is 10.1. The number of hydrogen-bond acceptors (Lipinski definition) is 3. The van der Waals surface area contributed by atoms with E-state index in [4.69, 9.17) is 0 Å². The minimum Gasteiger partial charge on any atom is -0.316 e. The number of rotatable bonds is 3. The summed E-state index contributed by atoms with van der Waals surface area (Å²) in [6.45, 7) is 1.74. The number of nitrogens with zero attached hydrogens (tertiary/aromatic N) is 1. The molecule has 0 radical (unpaired) electrons. The second-order valence-corrected chi connectivity index (χ2v) is 5.14. The molecule has 21 heavy (non-hydrogen) atoms. The molecule has 0 saturated heterocycles. The molecule has 0 unspecified atom stereocenters. The van der Waals surface area contributed by atoms with E-state index in [1.54, 1.807) is 25.1 Å². The largest absolute Gasteiger partial charge is 0.316 e. The summed E-state index contributed by atoms with van der Waals surface area (Å²) in [5, 5.41) is 13.3. The van der Waals surface area contributed by atoms with E-state index in [9.17, 15) is 19.3 Å². The summed E-state index contributed by atoms with van der Waals surface area (Å²) in [5.74, 6) is -1.20. The normalized spacial score (nSPS) is 10.2. The van der Waals surface area contributed by atoms with Gasteiger partial charge in [-0.1, -0.05) is 22.0 Å². The van der Waals surface area contributed by atoms with Crippen LogP contribution in [0.25, 0.3) is 0 Å². The molecule has 0 fully saturated rings. The van der Waals surface area contributed by atoms with Gasteiger partial charge in [-0.2, -0.15) is 0 Å². The molecule has 1 amide bonds. The Morgan fingerprint density at radius 2 is 2.05 bits per heavy atom. The van der Waals surface area contributed by atoms with Gasteiger partial charge in [0.25, 0.3) is 11.6 Å². The van der Waals surface area contributed by atoms with Crippen LogP contribution >= 0.6 is 15.9 Å². The quantitative estimate of drug-likeness (QED) is 0.668. The first-order valence-electron chi connectivity index (χ1n) is 5.90. The Balaban J connectivity index is 2.38. The second-order valence-electron chi connectivity index (χ2n) is 4.29. The Kier molecular flexibility index (Phi) is 4.32. The SMILES string of the molecule is Cc1c(Br)cccc1C(=O)Nc1cc(F)ccc1[N+](=O)[O-]. The van der Waals surface area contributed by atoms with Crippen molar-refractivity contribution in [1.82, 2.24) is 0 Å². The highest BCUT2D eigenvalue weighted by atomic mass is 79.9. The van der Waals surface area contributed by atoms with Crippen molar-refractivity contribution in [2.75, 3.05) is 5.32 Å². The molecule has 0 atom stereocenters. The number of hydrogen-bond donors (Lipinski definition) is 1. The summed E-state index contributed by atoms with van der Waals surface area (Å²) in [5.41, 5.74) is 0.499. The van der Waals surface area contributed by atoms with Gasteiger partial charge in [-0.25, -0.2) is 4.39 Å². The maximum Gasteiger partial charge on any atom is 0.292 e. The van der Waals surface area contributed by atoms with E-state index in [2.05, 4.69) is 21.2 Å². The zero-order valence-corrected chi connectivity index (χ0v) is 12.5. The Morgan fingerprint density at radius 3 is 2.71 bits per heavy atom. The first-order valence-corrected chi connectivity index (χ1v) is 6.70. The van der Waals surface area contributed by atoms with Gasteiger partial charge < -0.3 is 5.32 Å². The van der Waals surface area contributed by atoms with Gasteiger partial charge in [-0.3, -0.25) is 14.9 Å². The number of anilines is 1. The number of nitrogens with one attached hydrogen (secondary N) is 1. The molecule has 0 aromatic heterocycles. The van der Waals surface area contributed by atoms with E-state index in [1.807, 2.05) is 0 Å². The van der Waals surface area contributed by atoms with Crippen LogP contribution in [0.5, 0.6) is 0 Å². The summed E-state index contributed by atoms with van der Waals surface area (Å²) in [4.78, 5) is 22.4. The highest BCUT2D eigenvalue weighted by Gasteiger charge is 2.18. The lowest BCUT2D eigenvalue weighted by Gasteiger charge is -2.09. The van der Waals surface area contributed by atoms with E-state index < -0.39 is 16.6 Å². The van der Waals surface area contributed by atoms with Gasteiger partial charge in [0, 0.05) is 22.2 Å². The van der Waals surface area contributed by atoms with Gasteiger partial charge >= 0.3 is 0 Å². The molecule has 5 nitrogen and oxygen atoms in total. The summed E-state index contributed by atoms with van der Waals surface area (Å²) in [6.07, 6.45) is 0. The van der Waals surface area contributed by atoms with Crippen LogP contribution in [-0.4, -0.2) is 10.8 Å². The fraction of sp³-hybridized carbons (Fsp3) is 0.0714. The molecule has 0 aliphatic carbocycles. The van der Waals surface area contributed by atoms with Crippen LogP contribution in [0.3, 0.4) is 0 Å². The summed E-state index contributed by atoms with van der Waals surface area (Å²) < 4.78 is 14.0. The van der Waals surface area contributed by atoms with Gasteiger partial charge in [-0.15, -0.1) is 0 Å². The molecule has 0 spiro atoms. The number of amides is 1. The fourth-order valence-corrected chi connectivity index (χ4v) is 2.18. The van der Waals surface area contributed by atoms with E-state index in [-0.39, 0.29) is 11.4 Å². The number of carbonyl (C=O) groups excluding carboxylic acids is 1. The summed E-state index contributed by atoms with van der Waals surface area (Å²) in [6, 6.07) is 7.93. The molecular formula is C14H10BrFN2O3. The first-order chi connectivity index (χ1) is 9.90. The molecule has 7 heteroatoms. The third-order valence-electron chi connectivity index (χ3n) is 2.92. The van der Waals surface area contributed by atoms with Gasteiger partial charge in [0.2, 0.25) is 0 Å². The first kappa shape index (κ1) is 15.1. The monoisotopic (exact) mass is 352 g/mol. The molecule has 0 saturated carbocycles. The Labute approximate surface area is 128 Å². The van der Waals surface area contributed by atoms with E-state index in [0.29, 0.717) is 11.1 Å². The zero-order chi connectivity index (χ0) is 15.6. The van der Waals surface area contributed by atoms with Crippen LogP contribution in [0.1, 0.15) is 15.9 Å². The van der Waals surface area contributed by atoms with Gasteiger partial charge in [-0.05, 0) is 30.7 Å². The van der Waals surface area contributed by atoms with Crippen molar-refractivity contribution in [2.24, 2.45) is 0 Å². The Bertz CT molecular complexity index is 734. The van der Waals surface area contributed by atoms with Crippen molar-refractivity contribution in [3.8, 4) is 0 Å². The fourth-order valence-electron chi connectivity index (χ4n) is 1.81. The third-order valence-corrected chi connectivity index (χ3v) is 3.77. The smallest absolute Gasteiger partial charge is 0.292 e. The number of benzene rings is 2. The van der Waals surface area contributed by atoms with Gasteiger partial charge in [0.15, 0.2) is 0 Å². The van der Waals surface area contributed by atoms with Crippen molar-refractivity contribution in [3.63, 3.8) is 0 Å². The molecule has 1 N–H and O–H groups in total. The predicted molar refractivity (Wildman–Crippen MR) is 79.9 cm³/mol. The number of nitro groups is 1. The predicted octanol–water partition coefficient (Wildman–Crippen LogP) is 4.06. The number of carbonyl (C=O) groups is 1. The molecule has 2 aromatic rings. The lowest BCUT2D eigenvalue weighted by Crippen LogP contribution is -2.14. The van der Waals surface area contributed by atoms with Crippen molar-refractivity contribution in [3.05, 3.63) is 67.9 Å². The Morgan fingerprint density at radius 1 is 1.33 bits per heavy atom. The maximum absolute atomic E-state index is 13.2. The molecule has 2 rings (SSSR count). The van der Waals surface area contributed by atoms with Crippen LogP contribution in [0.2, 0.25) is 0 Å². The van der Waals surface area contributed by atoms with Crippen molar-refractivity contribution >= 4 is 33.2 Å². The Hall–Kier alpha value is -2.28. The average Bonchev–Trinajstić information content (AvgIpc) is 2.41. The van der Waals surface area contributed by atoms with Gasteiger partial charge in [0.05, 0.1) is 4.92 Å². The third kappa shape index (κ3) is 3.25. The molecule has 0 heterocycles. The van der Waals surface area contributed by atoms with Crippen LogP contribution in [0.15, 0.2) is 40.9 Å². The van der Waals surface area contributed by atoms with E-state index >= 15 is 0 Å². The van der Waals surface area contributed by atoms with Crippen LogP contribution in [-0.2, 0) is 0 Å². The standard InChI is InChI=1S/C14H10BrFN2O3/c1-8-10(3-2-4-11(8)15)14(19)17-12-7-9(16)5-6-13(12)18(20)21/h2-7H,1H3,(H,17,19). The minimum atomic E-state index is -0.678. The van der Waals surface area contributed by atoms with Crippen LogP contribution < -0.4 is 5.32 Å². The van der Waals surface area contributed by atoms with E-state index in [1.165, 1.54) is 0 Å². The van der Waals surface area contributed by atoms with Crippen LogP contribution in [0.4, 0.5) is 15.8 Å². The van der Waals surface area contributed by atoms with Gasteiger partial charge in [0.1, 0.15) is 11.5 Å². The molecule has 0 aliphatic heterocycles. The number of halogens is 2. The molecular weight excluding hydrogens is 343 g/mol. The summed E-state index contributed by atoms with van der Waals surface area (Å²) in [7, 11) is 0. The van der Waals surface area contributed by atoms with E-state index in [0.717, 1.165) is 22.7 Å². The molecule has 2 aromatic carbocycles. The summed E-state index contributed by atoms with van der Waals surface area (Å²) >= 11 is 3.30. The zero-order valence-electron chi connectivity index (χ0n) is 10.9. The van der Waals surface area contributed by atoms with Crippen molar-refractivity contribution in [2.45, 2.75) is 6.92 Å². The minimum absolute atomic E-state index is 0.177.